The van der Waals surface area contributed by atoms with Gasteiger partial charge in [-0.1, -0.05) is 0 Å². The van der Waals surface area contributed by atoms with Gasteiger partial charge in [0.15, 0.2) is 0 Å². The highest BCUT2D eigenvalue weighted by atomic mass is 19.1. The van der Waals surface area contributed by atoms with Gasteiger partial charge in [-0.05, 0) is 30.5 Å². The molecule has 0 aromatic heterocycles. The largest absolute Gasteiger partial charge is 0.396 e. The highest BCUT2D eigenvalue weighted by Gasteiger charge is 2.25. The molecule has 1 fully saturated rings. The molecule has 1 aliphatic heterocycles. The van der Waals surface area contributed by atoms with Crippen LogP contribution in [0.2, 0.25) is 0 Å². The number of nitrogens with zero attached hydrogens (tertiary/aromatic N) is 1. The van der Waals surface area contributed by atoms with Crippen LogP contribution in [0, 0.1) is 17.6 Å². The van der Waals surface area contributed by atoms with E-state index in [0.29, 0.717) is 31.6 Å². The van der Waals surface area contributed by atoms with Crippen LogP contribution in [0.4, 0.5) is 13.6 Å². The Morgan fingerprint density at radius 2 is 2.05 bits per heavy atom. The number of likely N-dealkylation sites (tertiary alicyclic amines) is 1. The minimum Gasteiger partial charge on any atom is -0.396 e. The molecular formula is C14H18F2N2O2. The predicted octanol–water partition coefficient (Wildman–Crippen LogP) is 1.53. The molecule has 2 N–H and O–H groups in total. The third-order valence-corrected chi connectivity index (χ3v) is 3.44. The van der Waals surface area contributed by atoms with Gasteiger partial charge in [-0.25, -0.2) is 13.6 Å². The molecule has 1 aliphatic rings. The zero-order valence-corrected chi connectivity index (χ0v) is 11.1. The lowest BCUT2D eigenvalue weighted by molar-refractivity contribution is 0.198. The first-order valence-corrected chi connectivity index (χ1v) is 6.67. The fourth-order valence-corrected chi connectivity index (χ4v) is 2.35. The maximum Gasteiger partial charge on any atom is 0.317 e. The lowest BCUT2D eigenvalue weighted by Gasteiger charge is -2.17. The molecule has 2 rings (SSSR count). The molecule has 2 amide bonds. The van der Waals surface area contributed by atoms with Crippen molar-refractivity contribution >= 4 is 6.03 Å². The highest BCUT2D eigenvalue weighted by molar-refractivity contribution is 5.74. The molecule has 4 nitrogen and oxygen atoms in total. The van der Waals surface area contributed by atoms with Crippen LogP contribution in [0.3, 0.4) is 0 Å². The standard InChI is InChI=1S/C14H18F2N2O2/c15-12-5-10(6-13(16)7-12)1-3-17-14(20)18-4-2-11(8-18)9-19/h5-7,11,19H,1-4,8-9H2,(H,17,20). The third kappa shape index (κ3) is 3.90. The number of rotatable bonds is 4. The van der Waals surface area contributed by atoms with Crippen LogP contribution in [-0.4, -0.2) is 42.3 Å². The van der Waals surface area contributed by atoms with Crippen LogP contribution in [0.1, 0.15) is 12.0 Å². The Morgan fingerprint density at radius 3 is 2.65 bits per heavy atom. The molecule has 0 bridgehead atoms. The Bertz CT molecular complexity index is 462. The summed E-state index contributed by atoms with van der Waals surface area (Å²) in [6, 6.07) is 3.14. The van der Waals surface area contributed by atoms with Gasteiger partial charge in [0.25, 0.3) is 0 Å². The Labute approximate surface area is 116 Å². The molecule has 1 unspecified atom stereocenters. The number of urea groups is 1. The van der Waals surface area contributed by atoms with Gasteiger partial charge in [0.1, 0.15) is 11.6 Å². The van der Waals surface area contributed by atoms with Crippen LogP contribution < -0.4 is 5.32 Å². The lowest BCUT2D eigenvalue weighted by atomic mass is 10.1. The van der Waals surface area contributed by atoms with Gasteiger partial charge in [0.05, 0.1) is 0 Å². The predicted molar refractivity (Wildman–Crippen MR) is 70.2 cm³/mol. The summed E-state index contributed by atoms with van der Waals surface area (Å²) in [5.74, 6) is -1.08. The van der Waals surface area contributed by atoms with Gasteiger partial charge in [0.2, 0.25) is 0 Å². The van der Waals surface area contributed by atoms with Crippen LogP contribution in [0.25, 0.3) is 0 Å². The molecule has 20 heavy (non-hydrogen) atoms. The average molecular weight is 284 g/mol. The van der Waals surface area contributed by atoms with Crippen molar-refractivity contribution in [2.24, 2.45) is 5.92 Å². The summed E-state index contributed by atoms with van der Waals surface area (Å²) in [5, 5.41) is 11.7. The lowest BCUT2D eigenvalue weighted by Crippen LogP contribution is -2.39. The zero-order valence-electron chi connectivity index (χ0n) is 11.1. The van der Waals surface area contributed by atoms with Gasteiger partial charge in [-0.3, -0.25) is 0 Å². The van der Waals surface area contributed by atoms with Crippen molar-refractivity contribution in [3.8, 4) is 0 Å². The first-order chi connectivity index (χ1) is 9.58. The molecule has 0 saturated carbocycles. The van der Waals surface area contributed by atoms with Crippen molar-refractivity contribution in [3.63, 3.8) is 0 Å². The number of amides is 2. The van der Waals surface area contributed by atoms with Gasteiger partial charge in [-0.2, -0.15) is 0 Å². The molecule has 6 heteroatoms. The zero-order chi connectivity index (χ0) is 14.5. The molecule has 0 spiro atoms. The van der Waals surface area contributed by atoms with Crippen LogP contribution in [-0.2, 0) is 6.42 Å². The summed E-state index contributed by atoms with van der Waals surface area (Å²) < 4.78 is 26.0. The van der Waals surface area contributed by atoms with Crippen LogP contribution >= 0.6 is 0 Å². The first-order valence-electron chi connectivity index (χ1n) is 6.67. The number of aliphatic hydroxyl groups excluding tert-OH is 1. The smallest absolute Gasteiger partial charge is 0.317 e. The molecule has 0 radical (unpaired) electrons. The Balaban J connectivity index is 1.77. The summed E-state index contributed by atoms with van der Waals surface area (Å²) >= 11 is 0. The first kappa shape index (κ1) is 14.7. The van der Waals surface area contributed by atoms with Gasteiger partial charge < -0.3 is 15.3 Å². The second-order valence-corrected chi connectivity index (χ2v) is 5.04. The fourth-order valence-electron chi connectivity index (χ4n) is 2.35. The Morgan fingerprint density at radius 1 is 1.35 bits per heavy atom. The summed E-state index contributed by atoms with van der Waals surface area (Å²) in [7, 11) is 0. The molecule has 110 valence electrons. The van der Waals surface area contributed by atoms with E-state index in [1.807, 2.05) is 0 Å². The van der Waals surface area contributed by atoms with Crippen LogP contribution in [0.5, 0.6) is 0 Å². The minimum atomic E-state index is -0.614. The summed E-state index contributed by atoms with van der Waals surface area (Å²) in [5.41, 5.74) is 0.512. The van der Waals surface area contributed by atoms with E-state index in [0.717, 1.165) is 12.5 Å². The molecule has 0 aliphatic carbocycles. The number of hydrogen-bond acceptors (Lipinski definition) is 2. The van der Waals surface area contributed by atoms with Crippen molar-refractivity contribution in [1.82, 2.24) is 10.2 Å². The Hall–Kier alpha value is -1.69. The number of hydrogen-bond donors (Lipinski definition) is 2. The highest BCUT2D eigenvalue weighted by Crippen LogP contribution is 2.15. The Kier molecular flexibility index (Phi) is 4.89. The van der Waals surface area contributed by atoms with E-state index in [9.17, 15) is 13.6 Å². The van der Waals surface area contributed by atoms with E-state index in [4.69, 9.17) is 5.11 Å². The second kappa shape index (κ2) is 6.65. The average Bonchev–Trinajstić information content (AvgIpc) is 2.86. The van der Waals surface area contributed by atoms with Gasteiger partial charge in [0, 0.05) is 38.2 Å². The maximum absolute atomic E-state index is 13.0. The number of aliphatic hydroxyl groups is 1. The van der Waals surface area contributed by atoms with E-state index >= 15 is 0 Å². The summed E-state index contributed by atoms with van der Waals surface area (Å²) in [6.07, 6.45) is 1.18. The van der Waals surface area contributed by atoms with Crippen molar-refractivity contribution in [2.45, 2.75) is 12.8 Å². The normalized spacial score (nSPS) is 18.4. The van der Waals surface area contributed by atoms with E-state index in [1.54, 1.807) is 4.90 Å². The maximum atomic E-state index is 13.0. The SMILES string of the molecule is O=C(NCCc1cc(F)cc(F)c1)N1CCC(CO)C1. The van der Waals surface area contributed by atoms with E-state index < -0.39 is 11.6 Å². The summed E-state index contributed by atoms with van der Waals surface area (Å²) in [6.45, 7) is 1.59. The van der Waals surface area contributed by atoms with Crippen molar-refractivity contribution in [2.75, 3.05) is 26.2 Å². The number of nitrogens with one attached hydrogen (secondary N) is 1. The minimum absolute atomic E-state index is 0.0896. The monoisotopic (exact) mass is 284 g/mol. The van der Waals surface area contributed by atoms with Crippen LogP contribution in [0.15, 0.2) is 18.2 Å². The topological polar surface area (TPSA) is 52.6 Å². The second-order valence-electron chi connectivity index (χ2n) is 5.04. The number of carbonyl (C=O) groups excluding carboxylic acids is 1. The quantitative estimate of drug-likeness (QED) is 0.881. The van der Waals surface area contributed by atoms with Crippen molar-refractivity contribution < 1.29 is 18.7 Å². The molecular weight excluding hydrogens is 266 g/mol. The summed E-state index contributed by atoms with van der Waals surface area (Å²) in [4.78, 5) is 13.5. The van der Waals surface area contributed by atoms with E-state index in [-0.39, 0.29) is 18.6 Å². The number of benzene rings is 1. The van der Waals surface area contributed by atoms with Gasteiger partial charge in [-0.15, -0.1) is 0 Å². The molecule has 1 aromatic carbocycles. The molecule has 1 heterocycles. The fraction of sp³-hybridized carbons (Fsp3) is 0.500. The molecule has 1 atom stereocenters. The van der Waals surface area contributed by atoms with E-state index in [1.165, 1.54) is 12.1 Å². The molecule has 1 saturated heterocycles. The van der Waals surface area contributed by atoms with E-state index in [2.05, 4.69) is 5.32 Å². The third-order valence-electron chi connectivity index (χ3n) is 3.44. The van der Waals surface area contributed by atoms with Gasteiger partial charge >= 0.3 is 6.03 Å². The van der Waals surface area contributed by atoms with Crippen molar-refractivity contribution in [3.05, 3.63) is 35.4 Å². The molecule has 1 aromatic rings. The number of carbonyl (C=O) groups is 1. The number of halogens is 2. The van der Waals surface area contributed by atoms with Crippen molar-refractivity contribution in [1.29, 1.82) is 0 Å².